The highest BCUT2D eigenvalue weighted by molar-refractivity contribution is 5.74. The second-order valence-corrected chi connectivity index (χ2v) is 8.00. The van der Waals surface area contributed by atoms with E-state index in [-0.39, 0.29) is 12.1 Å². The Morgan fingerprint density at radius 2 is 1.89 bits per heavy atom. The Hall–Kier alpha value is -1.99. The molecule has 1 aromatic rings. The van der Waals surface area contributed by atoms with Crippen molar-refractivity contribution in [3.8, 4) is 5.75 Å². The van der Waals surface area contributed by atoms with Gasteiger partial charge < -0.3 is 24.6 Å². The molecular weight excluding hydrogens is 356 g/mol. The van der Waals surface area contributed by atoms with Crippen molar-refractivity contribution in [3.05, 3.63) is 24.3 Å². The molecule has 2 aliphatic heterocycles. The zero-order valence-electron chi connectivity index (χ0n) is 17.4. The van der Waals surface area contributed by atoms with Crippen LogP contribution in [0.15, 0.2) is 24.3 Å². The highest BCUT2D eigenvalue weighted by atomic mass is 16.5. The van der Waals surface area contributed by atoms with E-state index in [1.165, 1.54) is 5.69 Å². The van der Waals surface area contributed by atoms with Crippen LogP contribution in [0.25, 0.3) is 0 Å². The molecule has 1 aromatic carbocycles. The maximum Gasteiger partial charge on any atom is 0.317 e. The summed E-state index contributed by atoms with van der Waals surface area (Å²) in [6.07, 6.45) is 0.0806. The van der Waals surface area contributed by atoms with Crippen LogP contribution in [0.3, 0.4) is 0 Å². The molecule has 3 rings (SSSR count). The van der Waals surface area contributed by atoms with E-state index in [9.17, 15) is 4.79 Å². The van der Waals surface area contributed by atoms with E-state index in [0.717, 1.165) is 58.2 Å². The Morgan fingerprint density at radius 1 is 1.18 bits per heavy atom. The molecule has 0 spiro atoms. The number of benzene rings is 1. The molecule has 2 saturated heterocycles. The molecule has 2 heterocycles. The number of amides is 2. The van der Waals surface area contributed by atoms with Crippen LogP contribution in [0.4, 0.5) is 10.5 Å². The van der Waals surface area contributed by atoms with Gasteiger partial charge in [-0.15, -0.1) is 0 Å². The smallest absolute Gasteiger partial charge is 0.317 e. The molecular formula is C21H34N4O3. The molecule has 0 aliphatic carbocycles. The van der Waals surface area contributed by atoms with Gasteiger partial charge in [0.1, 0.15) is 5.75 Å². The molecule has 7 heteroatoms. The quantitative estimate of drug-likeness (QED) is 0.804. The first-order chi connectivity index (χ1) is 13.5. The van der Waals surface area contributed by atoms with Gasteiger partial charge in [-0.1, -0.05) is 13.8 Å². The number of anilines is 1. The fraction of sp³-hybridized carbons (Fsp3) is 0.667. The van der Waals surface area contributed by atoms with Crippen molar-refractivity contribution in [2.75, 3.05) is 71.0 Å². The molecule has 28 heavy (non-hydrogen) atoms. The lowest BCUT2D eigenvalue weighted by molar-refractivity contribution is -0.0294. The number of urea groups is 1. The standard InChI is InChI=1S/C21H34N4O3/c1-17(2)15-23-12-13-28-20(16-23)14-22-21(26)25-10-8-24(9-11-25)18-4-6-19(27-3)7-5-18/h4-7,17,20H,8-16H2,1-3H3,(H,22,26). The predicted octanol–water partition coefficient (Wildman–Crippen LogP) is 1.88. The second kappa shape index (κ2) is 9.98. The minimum absolute atomic E-state index is 0.0129. The first kappa shape index (κ1) is 20.7. The highest BCUT2D eigenvalue weighted by Crippen LogP contribution is 2.20. The van der Waals surface area contributed by atoms with Crippen LogP contribution < -0.4 is 15.0 Å². The number of carbonyl (C=O) groups is 1. The molecule has 7 nitrogen and oxygen atoms in total. The predicted molar refractivity (Wildman–Crippen MR) is 111 cm³/mol. The Morgan fingerprint density at radius 3 is 2.54 bits per heavy atom. The Balaban J connectivity index is 1.40. The van der Waals surface area contributed by atoms with Crippen LogP contribution in [0, 0.1) is 5.92 Å². The summed E-state index contributed by atoms with van der Waals surface area (Å²) in [5.74, 6) is 1.51. The van der Waals surface area contributed by atoms with Gasteiger partial charge >= 0.3 is 6.03 Å². The molecule has 0 aromatic heterocycles. The van der Waals surface area contributed by atoms with Crippen molar-refractivity contribution < 1.29 is 14.3 Å². The van der Waals surface area contributed by atoms with Gasteiger partial charge in [0.2, 0.25) is 0 Å². The van der Waals surface area contributed by atoms with Crippen molar-refractivity contribution >= 4 is 11.7 Å². The molecule has 1 N–H and O–H groups in total. The number of nitrogens with one attached hydrogen (secondary N) is 1. The van der Waals surface area contributed by atoms with Crippen LogP contribution in [0.2, 0.25) is 0 Å². The van der Waals surface area contributed by atoms with Crippen molar-refractivity contribution in [2.24, 2.45) is 5.92 Å². The molecule has 2 amide bonds. The summed E-state index contributed by atoms with van der Waals surface area (Å²) >= 11 is 0. The monoisotopic (exact) mass is 390 g/mol. The summed E-state index contributed by atoms with van der Waals surface area (Å²) in [6, 6.07) is 8.09. The average molecular weight is 391 g/mol. The van der Waals surface area contributed by atoms with Gasteiger partial charge in [0.25, 0.3) is 0 Å². The molecule has 0 saturated carbocycles. The van der Waals surface area contributed by atoms with E-state index in [1.54, 1.807) is 7.11 Å². The van der Waals surface area contributed by atoms with Gasteiger partial charge in [-0.2, -0.15) is 0 Å². The second-order valence-electron chi connectivity index (χ2n) is 8.00. The largest absolute Gasteiger partial charge is 0.497 e. The fourth-order valence-electron chi connectivity index (χ4n) is 3.86. The summed E-state index contributed by atoms with van der Waals surface area (Å²) in [4.78, 5) is 19.2. The van der Waals surface area contributed by atoms with Crippen molar-refractivity contribution in [1.82, 2.24) is 15.1 Å². The van der Waals surface area contributed by atoms with E-state index in [0.29, 0.717) is 12.5 Å². The van der Waals surface area contributed by atoms with E-state index in [4.69, 9.17) is 9.47 Å². The minimum atomic E-state index is 0.0129. The summed E-state index contributed by atoms with van der Waals surface area (Å²) < 4.78 is 11.0. The average Bonchev–Trinajstić information content (AvgIpc) is 2.72. The number of nitrogens with zero attached hydrogens (tertiary/aromatic N) is 3. The molecule has 1 atom stereocenters. The SMILES string of the molecule is COc1ccc(N2CCN(C(=O)NCC3CN(CC(C)C)CCO3)CC2)cc1. The minimum Gasteiger partial charge on any atom is -0.497 e. The van der Waals surface area contributed by atoms with E-state index >= 15 is 0 Å². The van der Waals surface area contributed by atoms with Gasteiger partial charge in [0, 0.05) is 58.0 Å². The third-order valence-corrected chi connectivity index (χ3v) is 5.33. The zero-order chi connectivity index (χ0) is 19.9. The molecule has 0 radical (unpaired) electrons. The number of rotatable bonds is 6. The molecule has 156 valence electrons. The molecule has 0 bridgehead atoms. The Kier molecular flexibility index (Phi) is 7.39. The Labute approximate surface area is 168 Å². The van der Waals surface area contributed by atoms with Gasteiger partial charge in [0.05, 0.1) is 19.8 Å². The zero-order valence-corrected chi connectivity index (χ0v) is 17.4. The van der Waals surface area contributed by atoms with Crippen LogP contribution in [-0.2, 0) is 4.74 Å². The number of morpholine rings is 1. The lowest BCUT2D eigenvalue weighted by atomic mass is 10.2. The maximum absolute atomic E-state index is 12.5. The topological polar surface area (TPSA) is 57.3 Å². The molecule has 2 fully saturated rings. The van der Waals surface area contributed by atoms with Gasteiger partial charge in [0.15, 0.2) is 0 Å². The van der Waals surface area contributed by atoms with Crippen LogP contribution in [0.1, 0.15) is 13.8 Å². The third kappa shape index (κ3) is 5.75. The van der Waals surface area contributed by atoms with E-state index < -0.39 is 0 Å². The van der Waals surface area contributed by atoms with Crippen molar-refractivity contribution in [3.63, 3.8) is 0 Å². The first-order valence-corrected chi connectivity index (χ1v) is 10.3. The summed E-state index contributed by atoms with van der Waals surface area (Å²) in [6.45, 7) is 11.9. The van der Waals surface area contributed by atoms with Crippen LogP contribution in [-0.4, -0.2) is 88.0 Å². The van der Waals surface area contributed by atoms with Crippen LogP contribution in [0.5, 0.6) is 5.75 Å². The number of ether oxygens (including phenoxy) is 2. The maximum atomic E-state index is 12.5. The van der Waals surface area contributed by atoms with Crippen molar-refractivity contribution in [2.45, 2.75) is 20.0 Å². The summed E-state index contributed by atoms with van der Waals surface area (Å²) in [5, 5.41) is 3.07. The number of carbonyl (C=O) groups excluding carboxylic acids is 1. The van der Waals surface area contributed by atoms with E-state index in [1.807, 2.05) is 17.0 Å². The lowest BCUT2D eigenvalue weighted by Crippen LogP contribution is -2.54. The number of methoxy groups -OCH3 is 1. The normalized spacial score (nSPS) is 21.1. The molecule has 1 unspecified atom stereocenters. The third-order valence-electron chi connectivity index (χ3n) is 5.33. The van der Waals surface area contributed by atoms with Gasteiger partial charge in [-0.25, -0.2) is 4.79 Å². The number of piperazine rings is 1. The fourth-order valence-corrected chi connectivity index (χ4v) is 3.86. The summed E-state index contributed by atoms with van der Waals surface area (Å²) in [7, 11) is 1.67. The Bertz CT molecular complexity index is 615. The summed E-state index contributed by atoms with van der Waals surface area (Å²) in [5.41, 5.74) is 1.17. The van der Waals surface area contributed by atoms with E-state index in [2.05, 4.69) is 41.1 Å². The van der Waals surface area contributed by atoms with Gasteiger partial charge in [-0.3, -0.25) is 4.90 Å². The van der Waals surface area contributed by atoms with Crippen molar-refractivity contribution in [1.29, 1.82) is 0 Å². The number of hydrogen-bond acceptors (Lipinski definition) is 5. The highest BCUT2D eigenvalue weighted by Gasteiger charge is 2.24. The number of hydrogen-bond donors (Lipinski definition) is 1. The first-order valence-electron chi connectivity index (χ1n) is 10.3. The molecule has 2 aliphatic rings. The van der Waals surface area contributed by atoms with Gasteiger partial charge in [-0.05, 0) is 30.2 Å². The van der Waals surface area contributed by atoms with Crippen LogP contribution >= 0.6 is 0 Å². The lowest BCUT2D eigenvalue weighted by Gasteiger charge is -2.37.